The lowest BCUT2D eigenvalue weighted by molar-refractivity contribution is -0.143. The minimum Gasteiger partial charge on any atom is -0.489 e. The number of rotatable bonds is 8. The summed E-state index contributed by atoms with van der Waals surface area (Å²) in [5.41, 5.74) is 1.54. The van der Waals surface area contributed by atoms with Crippen LogP contribution in [0.25, 0.3) is 0 Å². The van der Waals surface area contributed by atoms with Gasteiger partial charge in [0.1, 0.15) is 18.4 Å². The van der Waals surface area contributed by atoms with Gasteiger partial charge in [-0.25, -0.2) is 4.79 Å². The first kappa shape index (κ1) is 22.3. The van der Waals surface area contributed by atoms with E-state index in [4.69, 9.17) is 9.47 Å². The van der Waals surface area contributed by atoms with Gasteiger partial charge in [-0.15, -0.1) is 0 Å². The molecule has 160 valence electrons. The molecule has 1 fully saturated rings. The van der Waals surface area contributed by atoms with Crippen molar-refractivity contribution in [2.45, 2.75) is 51.2 Å². The molecular formula is C24H28BrNO4. The van der Waals surface area contributed by atoms with Crippen molar-refractivity contribution < 1.29 is 19.1 Å². The van der Waals surface area contributed by atoms with Gasteiger partial charge in [0.15, 0.2) is 0 Å². The summed E-state index contributed by atoms with van der Waals surface area (Å²) in [6.07, 6.45) is 6.47. The van der Waals surface area contributed by atoms with Gasteiger partial charge in [0.25, 0.3) is 5.91 Å². The molecule has 0 aliphatic heterocycles. The van der Waals surface area contributed by atoms with Crippen LogP contribution in [0.2, 0.25) is 0 Å². The number of nitrogens with one attached hydrogen (secondary N) is 1. The van der Waals surface area contributed by atoms with Crippen molar-refractivity contribution in [2.24, 2.45) is 5.92 Å². The molecule has 30 heavy (non-hydrogen) atoms. The Labute approximate surface area is 186 Å². The summed E-state index contributed by atoms with van der Waals surface area (Å²) in [6, 6.07) is 14.3. The van der Waals surface area contributed by atoms with E-state index in [9.17, 15) is 9.59 Å². The number of carbonyl (C=O) groups is 2. The molecule has 0 saturated heterocycles. The molecule has 2 aromatic rings. The molecule has 5 nitrogen and oxygen atoms in total. The average molecular weight is 474 g/mol. The van der Waals surface area contributed by atoms with E-state index in [0.29, 0.717) is 30.3 Å². The number of halogens is 1. The maximum Gasteiger partial charge on any atom is 0.328 e. The number of esters is 1. The van der Waals surface area contributed by atoms with Crippen LogP contribution in [0.1, 0.15) is 54.4 Å². The van der Waals surface area contributed by atoms with E-state index in [1.54, 1.807) is 24.3 Å². The fourth-order valence-electron chi connectivity index (χ4n) is 3.85. The highest BCUT2D eigenvalue weighted by atomic mass is 79.9. The molecule has 0 heterocycles. The van der Waals surface area contributed by atoms with E-state index in [-0.39, 0.29) is 11.9 Å². The minimum absolute atomic E-state index is 0.278. The van der Waals surface area contributed by atoms with Gasteiger partial charge in [-0.1, -0.05) is 60.2 Å². The first-order valence-corrected chi connectivity index (χ1v) is 11.2. The van der Waals surface area contributed by atoms with Crippen LogP contribution in [-0.4, -0.2) is 25.0 Å². The molecule has 0 bridgehead atoms. The molecule has 1 N–H and O–H groups in total. The van der Waals surface area contributed by atoms with Crippen molar-refractivity contribution in [3.05, 3.63) is 64.1 Å². The van der Waals surface area contributed by atoms with Crippen LogP contribution in [0.5, 0.6) is 5.75 Å². The van der Waals surface area contributed by atoms with Crippen molar-refractivity contribution in [3.63, 3.8) is 0 Å². The summed E-state index contributed by atoms with van der Waals surface area (Å²) < 4.78 is 11.7. The zero-order valence-corrected chi connectivity index (χ0v) is 18.8. The average Bonchev–Trinajstić information content (AvgIpc) is 2.77. The predicted molar refractivity (Wildman–Crippen MR) is 119 cm³/mol. The number of carbonyl (C=O) groups excluding carboxylic acids is 2. The third-order valence-electron chi connectivity index (χ3n) is 5.50. The second kappa shape index (κ2) is 11.2. The summed E-state index contributed by atoms with van der Waals surface area (Å²) in [5.74, 6) is 0.470. The maximum absolute atomic E-state index is 12.7. The van der Waals surface area contributed by atoms with Gasteiger partial charge < -0.3 is 14.8 Å². The molecular weight excluding hydrogens is 446 g/mol. The van der Waals surface area contributed by atoms with Crippen LogP contribution in [0.15, 0.2) is 53.0 Å². The van der Waals surface area contributed by atoms with E-state index in [1.807, 2.05) is 24.3 Å². The summed E-state index contributed by atoms with van der Waals surface area (Å²) in [7, 11) is 1.36. The van der Waals surface area contributed by atoms with Crippen LogP contribution < -0.4 is 10.1 Å². The number of ether oxygens (including phenoxy) is 2. The predicted octanol–water partition coefficient (Wildman–Crippen LogP) is 5.27. The monoisotopic (exact) mass is 473 g/mol. The Kier molecular flexibility index (Phi) is 8.31. The highest BCUT2D eigenvalue weighted by molar-refractivity contribution is 9.10. The van der Waals surface area contributed by atoms with E-state index in [0.717, 1.165) is 22.9 Å². The SMILES string of the molecule is COC(=O)C(CC1CCCCC1)NC(=O)c1ccc(OCc2cccc(Br)c2)cc1. The highest BCUT2D eigenvalue weighted by Gasteiger charge is 2.26. The normalized spacial score (nSPS) is 15.3. The molecule has 1 amide bonds. The van der Waals surface area contributed by atoms with Crippen molar-refractivity contribution >= 4 is 27.8 Å². The molecule has 1 aliphatic rings. The van der Waals surface area contributed by atoms with Gasteiger partial charge in [0.05, 0.1) is 7.11 Å². The number of benzene rings is 2. The fraction of sp³-hybridized carbons (Fsp3) is 0.417. The van der Waals surface area contributed by atoms with Crippen LogP contribution in [0.4, 0.5) is 0 Å². The number of methoxy groups -OCH3 is 1. The van der Waals surface area contributed by atoms with Crippen molar-refractivity contribution in [2.75, 3.05) is 7.11 Å². The summed E-state index contributed by atoms with van der Waals surface area (Å²) in [5, 5.41) is 2.86. The minimum atomic E-state index is -0.613. The van der Waals surface area contributed by atoms with Crippen molar-refractivity contribution in [1.29, 1.82) is 0 Å². The van der Waals surface area contributed by atoms with E-state index in [1.165, 1.54) is 26.4 Å². The van der Waals surface area contributed by atoms with E-state index in [2.05, 4.69) is 21.2 Å². The lowest BCUT2D eigenvalue weighted by atomic mass is 9.85. The number of hydrogen-bond acceptors (Lipinski definition) is 4. The van der Waals surface area contributed by atoms with Crippen LogP contribution >= 0.6 is 15.9 Å². The Morgan fingerprint density at radius 2 is 1.83 bits per heavy atom. The Bertz CT molecular complexity index is 847. The quantitative estimate of drug-likeness (QED) is 0.530. The van der Waals surface area contributed by atoms with E-state index >= 15 is 0 Å². The number of hydrogen-bond donors (Lipinski definition) is 1. The molecule has 0 spiro atoms. The van der Waals surface area contributed by atoms with Crippen LogP contribution in [0.3, 0.4) is 0 Å². The lowest BCUT2D eigenvalue weighted by Crippen LogP contribution is -2.43. The van der Waals surface area contributed by atoms with Gasteiger partial charge >= 0.3 is 5.97 Å². The van der Waals surface area contributed by atoms with Gasteiger partial charge in [-0.2, -0.15) is 0 Å². The van der Waals surface area contributed by atoms with Crippen LogP contribution in [0, 0.1) is 5.92 Å². The molecule has 0 aromatic heterocycles. The molecule has 1 aliphatic carbocycles. The topological polar surface area (TPSA) is 64.6 Å². The Balaban J connectivity index is 1.57. The van der Waals surface area contributed by atoms with Crippen molar-refractivity contribution in [1.82, 2.24) is 5.32 Å². The smallest absolute Gasteiger partial charge is 0.328 e. The molecule has 1 atom stereocenters. The zero-order valence-electron chi connectivity index (χ0n) is 17.2. The van der Waals surface area contributed by atoms with Gasteiger partial charge in [0.2, 0.25) is 0 Å². The molecule has 3 rings (SSSR count). The Morgan fingerprint density at radius 1 is 1.10 bits per heavy atom. The maximum atomic E-state index is 12.7. The largest absolute Gasteiger partial charge is 0.489 e. The molecule has 2 aromatic carbocycles. The Morgan fingerprint density at radius 3 is 2.50 bits per heavy atom. The Hall–Kier alpha value is -2.34. The van der Waals surface area contributed by atoms with E-state index < -0.39 is 6.04 Å². The molecule has 1 unspecified atom stereocenters. The highest BCUT2D eigenvalue weighted by Crippen LogP contribution is 2.27. The summed E-state index contributed by atoms with van der Waals surface area (Å²) in [4.78, 5) is 24.9. The summed E-state index contributed by atoms with van der Waals surface area (Å²) in [6.45, 7) is 0.441. The zero-order chi connectivity index (χ0) is 21.3. The van der Waals surface area contributed by atoms with Gasteiger partial charge in [-0.3, -0.25) is 4.79 Å². The number of amides is 1. The molecule has 1 saturated carbocycles. The third-order valence-corrected chi connectivity index (χ3v) is 5.99. The second-order valence-electron chi connectivity index (χ2n) is 7.73. The summed E-state index contributed by atoms with van der Waals surface area (Å²) >= 11 is 3.45. The molecule has 6 heteroatoms. The third kappa shape index (κ3) is 6.59. The first-order valence-electron chi connectivity index (χ1n) is 10.4. The van der Waals surface area contributed by atoms with Gasteiger partial charge in [0, 0.05) is 10.0 Å². The fourth-order valence-corrected chi connectivity index (χ4v) is 4.30. The standard InChI is InChI=1S/C24H28BrNO4/c1-29-24(28)22(15-17-6-3-2-4-7-17)26-23(27)19-10-12-21(13-11-19)30-16-18-8-5-9-20(25)14-18/h5,8-14,17,22H,2-4,6-7,15-16H2,1H3,(H,26,27). The van der Waals surface area contributed by atoms with Gasteiger partial charge in [-0.05, 0) is 54.3 Å². The lowest BCUT2D eigenvalue weighted by Gasteiger charge is -2.25. The first-order chi connectivity index (χ1) is 14.5. The molecule has 0 radical (unpaired) electrons. The van der Waals surface area contributed by atoms with Crippen LogP contribution in [-0.2, 0) is 16.1 Å². The second-order valence-corrected chi connectivity index (χ2v) is 8.65. The van der Waals surface area contributed by atoms with Crippen molar-refractivity contribution in [3.8, 4) is 5.75 Å².